The monoisotopic (exact) mass is 460 g/mol. The fraction of sp³-hybridized carbons (Fsp3) is 0.318. The van der Waals surface area contributed by atoms with Gasteiger partial charge in [0.25, 0.3) is 0 Å². The van der Waals surface area contributed by atoms with E-state index in [0.717, 1.165) is 11.6 Å². The van der Waals surface area contributed by atoms with Gasteiger partial charge in [0, 0.05) is 18.0 Å². The largest absolute Gasteiger partial charge is 0.494 e. The molecule has 31 heavy (non-hydrogen) atoms. The van der Waals surface area contributed by atoms with E-state index in [2.05, 4.69) is 29.4 Å². The number of hydrogen-bond donors (Lipinski definition) is 1. The van der Waals surface area contributed by atoms with Crippen LogP contribution in [0.5, 0.6) is 17.2 Å². The zero-order chi connectivity index (χ0) is 22.4. The third kappa shape index (κ3) is 6.15. The van der Waals surface area contributed by atoms with Gasteiger partial charge in [-0.05, 0) is 49.4 Å². The number of hydrogen-bond acceptors (Lipinski definition) is 6. The molecule has 0 aliphatic rings. The molecule has 0 aliphatic heterocycles. The second-order valence-electron chi connectivity index (χ2n) is 7.04. The zero-order valence-electron chi connectivity index (χ0n) is 17.9. The van der Waals surface area contributed by atoms with Crippen LogP contribution in [0.15, 0.2) is 47.6 Å². The van der Waals surface area contributed by atoms with Crippen LogP contribution in [0.2, 0.25) is 5.02 Å². The summed E-state index contributed by atoms with van der Waals surface area (Å²) in [6.45, 7) is 6.63. The number of nitrogens with zero attached hydrogens (tertiary/aromatic N) is 3. The third-order valence-corrected chi connectivity index (χ3v) is 5.55. The van der Waals surface area contributed by atoms with Crippen LogP contribution in [-0.2, 0) is 11.8 Å². The molecule has 1 heterocycles. The summed E-state index contributed by atoms with van der Waals surface area (Å²) in [6.07, 6.45) is 0. The van der Waals surface area contributed by atoms with E-state index >= 15 is 0 Å². The molecule has 1 N–H and O–H groups in total. The van der Waals surface area contributed by atoms with Gasteiger partial charge in [0.15, 0.2) is 10.9 Å². The van der Waals surface area contributed by atoms with Crippen molar-refractivity contribution in [3.05, 3.63) is 53.3 Å². The van der Waals surface area contributed by atoms with Crippen molar-refractivity contribution < 1.29 is 14.3 Å². The molecule has 1 amide bonds. The number of halogens is 1. The van der Waals surface area contributed by atoms with Gasteiger partial charge in [-0.3, -0.25) is 4.79 Å². The summed E-state index contributed by atoms with van der Waals surface area (Å²) in [4.78, 5) is 12.6. The van der Waals surface area contributed by atoms with Crippen molar-refractivity contribution in [2.75, 3.05) is 17.7 Å². The second kappa shape index (κ2) is 10.5. The fourth-order valence-corrected chi connectivity index (χ4v) is 3.75. The van der Waals surface area contributed by atoms with Gasteiger partial charge in [-0.1, -0.05) is 37.2 Å². The Hall–Kier alpha value is -2.71. The number of carbonyl (C=O) groups is 1. The average molecular weight is 461 g/mol. The van der Waals surface area contributed by atoms with Gasteiger partial charge in [-0.25, -0.2) is 0 Å². The van der Waals surface area contributed by atoms with Crippen molar-refractivity contribution >= 4 is 35.0 Å². The predicted octanol–water partition coefficient (Wildman–Crippen LogP) is 5.51. The Morgan fingerprint density at radius 2 is 1.87 bits per heavy atom. The van der Waals surface area contributed by atoms with Crippen LogP contribution in [-0.4, -0.2) is 33.0 Å². The molecule has 0 fully saturated rings. The third-order valence-electron chi connectivity index (χ3n) is 4.30. The minimum Gasteiger partial charge on any atom is -0.494 e. The normalized spacial score (nSPS) is 10.9. The topological polar surface area (TPSA) is 78.3 Å². The quantitative estimate of drug-likeness (QED) is 0.424. The molecule has 9 heteroatoms. The summed E-state index contributed by atoms with van der Waals surface area (Å²) >= 11 is 7.46. The Morgan fingerprint density at radius 1 is 1.16 bits per heavy atom. The van der Waals surface area contributed by atoms with E-state index < -0.39 is 0 Å². The number of carbonyl (C=O) groups excluding carboxylic acids is 1. The van der Waals surface area contributed by atoms with Crippen molar-refractivity contribution in [1.29, 1.82) is 0 Å². The van der Waals surface area contributed by atoms with E-state index in [0.29, 0.717) is 34.0 Å². The number of benzene rings is 2. The van der Waals surface area contributed by atoms with Gasteiger partial charge in [0.1, 0.15) is 17.3 Å². The SMILES string of the molecule is CCOc1ccc(Oc2ccc(Cl)cc2NC(=O)CSc2nnc(C(C)C)n2C)cc1. The first-order chi connectivity index (χ1) is 14.9. The van der Waals surface area contributed by atoms with Crippen LogP contribution in [0, 0.1) is 0 Å². The van der Waals surface area contributed by atoms with Gasteiger partial charge in [-0.15, -0.1) is 10.2 Å². The highest BCUT2D eigenvalue weighted by Gasteiger charge is 2.15. The van der Waals surface area contributed by atoms with Crippen molar-refractivity contribution in [3.63, 3.8) is 0 Å². The molecule has 0 unspecified atom stereocenters. The molecule has 0 bridgehead atoms. The van der Waals surface area contributed by atoms with Gasteiger partial charge in [0.05, 0.1) is 18.0 Å². The van der Waals surface area contributed by atoms with Gasteiger partial charge in [-0.2, -0.15) is 0 Å². The molecule has 0 saturated carbocycles. The molecular formula is C22H25ClN4O3S. The fourth-order valence-electron chi connectivity index (χ4n) is 2.86. The molecule has 3 rings (SSSR count). The number of anilines is 1. The van der Waals surface area contributed by atoms with E-state index in [1.807, 2.05) is 30.7 Å². The van der Waals surface area contributed by atoms with Crippen molar-refractivity contribution in [2.24, 2.45) is 7.05 Å². The molecule has 0 atom stereocenters. The minimum atomic E-state index is -0.196. The number of rotatable bonds is 9. The van der Waals surface area contributed by atoms with E-state index in [-0.39, 0.29) is 17.6 Å². The maximum Gasteiger partial charge on any atom is 0.234 e. The first kappa shape index (κ1) is 23.0. The van der Waals surface area contributed by atoms with Crippen LogP contribution < -0.4 is 14.8 Å². The molecule has 2 aromatic carbocycles. The number of nitrogens with one attached hydrogen (secondary N) is 1. The maximum atomic E-state index is 12.6. The van der Waals surface area contributed by atoms with E-state index in [1.165, 1.54) is 11.8 Å². The first-order valence-electron chi connectivity index (χ1n) is 9.89. The lowest BCUT2D eigenvalue weighted by atomic mass is 10.2. The zero-order valence-corrected chi connectivity index (χ0v) is 19.5. The van der Waals surface area contributed by atoms with Gasteiger partial charge in [0.2, 0.25) is 5.91 Å². The molecule has 0 saturated heterocycles. The molecule has 0 radical (unpaired) electrons. The number of ether oxygens (including phenoxy) is 2. The van der Waals surface area contributed by atoms with Crippen molar-refractivity contribution in [1.82, 2.24) is 14.8 Å². The maximum absolute atomic E-state index is 12.6. The van der Waals surface area contributed by atoms with Crippen LogP contribution in [0.4, 0.5) is 5.69 Å². The lowest BCUT2D eigenvalue weighted by Gasteiger charge is -2.13. The van der Waals surface area contributed by atoms with Crippen LogP contribution in [0.3, 0.4) is 0 Å². The lowest BCUT2D eigenvalue weighted by molar-refractivity contribution is -0.113. The highest BCUT2D eigenvalue weighted by Crippen LogP contribution is 2.33. The van der Waals surface area contributed by atoms with Gasteiger partial charge < -0.3 is 19.4 Å². The van der Waals surface area contributed by atoms with Gasteiger partial charge >= 0.3 is 0 Å². The minimum absolute atomic E-state index is 0.180. The highest BCUT2D eigenvalue weighted by atomic mass is 35.5. The number of thioether (sulfide) groups is 1. The summed E-state index contributed by atoms with van der Waals surface area (Å²) in [5.74, 6) is 3.00. The summed E-state index contributed by atoms with van der Waals surface area (Å²) in [6, 6.07) is 12.4. The standard InChI is InChI=1S/C22H25ClN4O3S/c1-5-29-16-7-9-17(10-8-16)30-19-11-6-15(23)12-18(19)24-20(28)13-31-22-26-25-21(14(2)3)27(22)4/h6-12,14H,5,13H2,1-4H3,(H,24,28). The van der Waals surface area contributed by atoms with E-state index in [1.54, 1.807) is 30.3 Å². The Labute approximate surface area is 191 Å². The van der Waals surface area contributed by atoms with Crippen molar-refractivity contribution in [3.8, 4) is 17.2 Å². The Morgan fingerprint density at radius 3 is 2.52 bits per heavy atom. The molecule has 0 spiro atoms. The average Bonchev–Trinajstić information content (AvgIpc) is 3.11. The van der Waals surface area contributed by atoms with Crippen LogP contribution in [0.25, 0.3) is 0 Å². The highest BCUT2D eigenvalue weighted by molar-refractivity contribution is 7.99. The molecule has 3 aromatic rings. The van der Waals surface area contributed by atoms with E-state index in [9.17, 15) is 4.79 Å². The Bertz CT molecular complexity index is 1040. The summed E-state index contributed by atoms with van der Waals surface area (Å²) in [7, 11) is 1.90. The van der Waals surface area contributed by atoms with Crippen molar-refractivity contribution in [2.45, 2.75) is 31.8 Å². The number of amides is 1. The van der Waals surface area contributed by atoms with E-state index in [4.69, 9.17) is 21.1 Å². The molecular weight excluding hydrogens is 436 g/mol. The summed E-state index contributed by atoms with van der Waals surface area (Å²) in [5, 5.41) is 12.4. The summed E-state index contributed by atoms with van der Waals surface area (Å²) < 4.78 is 13.3. The Balaban J connectivity index is 1.66. The Kier molecular flexibility index (Phi) is 7.81. The molecule has 164 valence electrons. The first-order valence-corrected chi connectivity index (χ1v) is 11.3. The van der Waals surface area contributed by atoms with Crippen LogP contribution in [0.1, 0.15) is 32.5 Å². The second-order valence-corrected chi connectivity index (χ2v) is 8.42. The molecule has 7 nitrogen and oxygen atoms in total. The predicted molar refractivity (Wildman–Crippen MR) is 124 cm³/mol. The van der Waals surface area contributed by atoms with Crippen LogP contribution >= 0.6 is 23.4 Å². The lowest BCUT2D eigenvalue weighted by Crippen LogP contribution is -2.15. The smallest absolute Gasteiger partial charge is 0.234 e. The summed E-state index contributed by atoms with van der Waals surface area (Å²) in [5.41, 5.74) is 0.493. The molecule has 1 aromatic heterocycles. The molecule has 0 aliphatic carbocycles. The number of aromatic nitrogens is 3.